The zero-order valence-electron chi connectivity index (χ0n) is 7.81. The van der Waals surface area contributed by atoms with E-state index in [1.807, 2.05) is 6.92 Å². The fourth-order valence-electron chi connectivity index (χ4n) is 1.20. The maximum absolute atomic E-state index is 12.2. The van der Waals surface area contributed by atoms with Crippen LogP contribution in [0, 0.1) is 0 Å². The van der Waals surface area contributed by atoms with E-state index in [0.717, 1.165) is 5.56 Å². The lowest BCUT2D eigenvalue weighted by Crippen LogP contribution is -2.28. The zero-order valence-corrected chi connectivity index (χ0v) is 7.81. The Bertz CT molecular complexity index is 306. The first kappa shape index (κ1) is 11.0. The molecule has 0 bridgehead atoms. The number of nitrogens with two attached hydrogens (primary N) is 1. The Balaban J connectivity index is 2.95. The second-order valence-electron chi connectivity index (χ2n) is 3.12. The van der Waals surface area contributed by atoms with E-state index in [9.17, 15) is 13.2 Å². The van der Waals surface area contributed by atoms with Gasteiger partial charge in [-0.1, -0.05) is 31.2 Å². The number of aryl methyl sites for hydroxylation is 1. The molecule has 0 amide bonds. The van der Waals surface area contributed by atoms with Gasteiger partial charge in [0.25, 0.3) is 0 Å². The first-order valence-electron chi connectivity index (χ1n) is 4.36. The number of hydrogen-bond donors (Lipinski definition) is 1. The fourth-order valence-corrected chi connectivity index (χ4v) is 1.20. The van der Waals surface area contributed by atoms with Crippen LogP contribution >= 0.6 is 0 Å². The van der Waals surface area contributed by atoms with Crippen LogP contribution in [0.5, 0.6) is 0 Å². The summed E-state index contributed by atoms with van der Waals surface area (Å²) in [6.07, 6.45) is -3.66. The summed E-state index contributed by atoms with van der Waals surface area (Å²) in [6, 6.07) is 4.40. The van der Waals surface area contributed by atoms with Gasteiger partial charge in [0, 0.05) is 0 Å². The van der Waals surface area contributed by atoms with Crippen LogP contribution in [-0.4, -0.2) is 6.18 Å². The Hall–Kier alpha value is -1.03. The van der Waals surface area contributed by atoms with E-state index in [4.69, 9.17) is 5.73 Å². The van der Waals surface area contributed by atoms with Crippen LogP contribution < -0.4 is 5.73 Å². The Morgan fingerprint density at radius 1 is 1.36 bits per heavy atom. The summed E-state index contributed by atoms with van der Waals surface area (Å²) >= 11 is 0. The molecule has 0 fully saturated rings. The summed E-state index contributed by atoms with van der Waals surface area (Å²) < 4.78 is 36.7. The van der Waals surface area contributed by atoms with Gasteiger partial charge in [-0.05, 0) is 17.5 Å². The van der Waals surface area contributed by atoms with Crippen molar-refractivity contribution in [2.75, 3.05) is 0 Å². The van der Waals surface area contributed by atoms with E-state index in [-0.39, 0.29) is 5.56 Å². The van der Waals surface area contributed by atoms with E-state index in [0.29, 0.717) is 6.42 Å². The van der Waals surface area contributed by atoms with Crippen molar-refractivity contribution in [3.63, 3.8) is 0 Å². The van der Waals surface area contributed by atoms with Crippen LogP contribution in [0.1, 0.15) is 24.1 Å². The molecule has 0 aliphatic rings. The van der Waals surface area contributed by atoms with Crippen molar-refractivity contribution in [1.82, 2.24) is 0 Å². The van der Waals surface area contributed by atoms with Crippen molar-refractivity contribution >= 4 is 0 Å². The van der Waals surface area contributed by atoms with Crippen molar-refractivity contribution < 1.29 is 13.2 Å². The molecule has 0 aliphatic heterocycles. The third-order valence-corrected chi connectivity index (χ3v) is 2.07. The normalized spacial score (nSPS) is 14.1. The number of halogens is 3. The molecule has 0 saturated heterocycles. The Morgan fingerprint density at radius 2 is 2.00 bits per heavy atom. The van der Waals surface area contributed by atoms with Gasteiger partial charge in [-0.2, -0.15) is 13.2 Å². The lowest BCUT2D eigenvalue weighted by atomic mass is 10.0. The number of benzene rings is 1. The molecule has 1 rings (SSSR count). The lowest BCUT2D eigenvalue weighted by molar-refractivity contribution is -0.149. The van der Waals surface area contributed by atoms with Crippen LogP contribution in [0.25, 0.3) is 0 Å². The first-order valence-corrected chi connectivity index (χ1v) is 4.36. The van der Waals surface area contributed by atoms with Crippen LogP contribution in [-0.2, 0) is 6.42 Å². The average molecular weight is 203 g/mol. The minimum Gasteiger partial charge on any atom is -0.316 e. The quantitative estimate of drug-likeness (QED) is 0.785. The van der Waals surface area contributed by atoms with Crippen LogP contribution in [0.4, 0.5) is 13.2 Å². The van der Waals surface area contributed by atoms with Crippen LogP contribution in [0.3, 0.4) is 0 Å². The Kier molecular flexibility index (Phi) is 3.16. The van der Waals surface area contributed by atoms with Crippen LogP contribution in [0.15, 0.2) is 24.3 Å². The highest BCUT2D eigenvalue weighted by atomic mass is 19.4. The van der Waals surface area contributed by atoms with Gasteiger partial charge in [-0.3, -0.25) is 0 Å². The van der Waals surface area contributed by atoms with Gasteiger partial charge in [-0.15, -0.1) is 0 Å². The van der Waals surface area contributed by atoms with Gasteiger partial charge in [0.05, 0.1) is 0 Å². The summed E-state index contributed by atoms with van der Waals surface area (Å²) in [5.41, 5.74) is 6.06. The highest BCUT2D eigenvalue weighted by molar-refractivity contribution is 5.26. The number of alkyl halides is 3. The second kappa shape index (κ2) is 4.00. The largest absolute Gasteiger partial charge is 0.407 e. The molecular formula is C10H12F3N. The van der Waals surface area contributed by atoms with Gasteiger partial charge in [0.1, 0.15) is 6.04 Å². The summed E-state index contributed by atoms with van der Waals surface area (Å²) in [4.78, 5) is 0. The first-order chi connectivity index (χ1) is 6.45. The molecule has 0 saturated carbocycles. The highest BCUT2D eigenvalue weighted by Gasteiger charge is 2.37. The molecule has 1 nitrogen and oxygen atoms in total. The minimum atomic E-state index is -4.37. The average Bonchev–Trinajstić information content (AvgIpc) is 2.15. The van der Waals surface area contributed by atoms with E-state index in [1.54, 1.807) is 12.1 Å². The second-order valence-corrected chi connectivity index (χ2v) is 3.12. The zero-order chi connectivity index (χ0) is 10.8. The van der Waals surface area contributed by atoms with E-state index in [2.05, 4.69) is 0 Å². The predicted molar refractivity (Wildman–Crippen MR) is 48.8 cm³/mol. The van der Waals surface area contributed by atoms with E-state index >= 15 is 0 Å². The monoisotopic (exact) mass is 203 g/mol. The molecule has 0 aliphatic carbocycles. The molecule has 2 N–H and O–H groups in total. The summed E-state index contributed by atoms with van der Waals surface area (Å²) in [5.74, 6) is 0. The van der Waals surface area contributed by atoms with Crippen molar-refractivity contribution in [1.29, 1.82) is 0 Å². The van der Waals surface area contributed by atoms with Crippen LogP contribution in [0.2, 0.25) is 0 Å². The summed E-state index contributed by atoms with van der Waals surface area (Å²) in [5, 5.41) is 0. The lowest BCUT2D eigenvalue weighted by Gasteiger charge is -2.16. The standard InChI is InChI=1S/C10H12F3N/c1-2-7-4-3-5-8(6-7)9(14)10(11,12)13/h3-6,9H,2,14H2,1H3. The number of hydrogen-bond acceptors (Lipinski definition) is 1. The Morgan fingerprint density at radius 3 is 2.50 bits per heavy atom. The molecule has 4 heteroatoms. The third-order valence-electron chi connectivity index (χ3n) is 2.07. The number of rotatable bonds is 2. The molecule has 0 radical (unpaired) electrons. The van der Waals surface area contributed by atoms with Gasteiger partial charge in [-0.25, -0.2) is 0 Å². The Labute approximate surface area is 80.7 Å². The van der Waals surface area contributed by atoms with E-state index < -0.39 is 12.2 Å². The summed E-state index contributed by atoms with van der Waals surface area (Å²) in [7, 11) is 0. The molecule has 1 aromatic rings. The molecular weight excluding hydrogens is 191 g/mol. The smallest absolute Gasteiger partial charge is 0.316 e. The SMILES string of the molecule is CCc1cccc(C(N)C(F)(F)F)c1. The van der Waals surface area contributed by atoms with Gasteiger partial charge < -0.3 is 5.73 Å². The van der Waals surface area contributed by atoms with Crippen molar-refractivity contribution in [3.8, 4) is 0 Å². The minimum absolute atomic E-state index is 0.122. The maximum Gasteiger partial charge on any atom is 0.407 e. The van der Waals surface area contributed by atoms with Crippen molar-refractivity contribution in [3.05, 3.63) is 35.4 Å². The van der Waals surface area contributed by atoms with E-state index in [1.165, 1.54) is 12.1 Å². The van der Waals surface area contributed by atoms with Gasteiger partial charge in [0.15, 0.2) is 0 Å². The maximum atomic E-state index is 12.2. The third kappa shape index (κ3) is 2.48. The summed E-state index contributed by atoms with van der Waals surface area (Å²) in [6.45, 7) is 1.89. The fraction of sp³-hybridized carbons (Fsp3) is 0.400. The molecule has 14 heavy (non-hydrogen) atoms. The van der Waals surface area contributed by atoms with Gasteiger partial charge in [0.2, 0.25) is 0 Å². The molecule has 0 spiro atoms. The molecule has 0 heterocycles. The highest BCUT2D eigenvalue weighted by Crippen LogP contribution is 2.30. The van der Waals surface area contributed by atoms with Gasteiger partial charge >= 0.3 is 6.18 Å². The molecule has 1 unspecified atom stereocenters. The predicted octanol–water partition coefficient (Wildman–Crippen LogP) is 2.81. The molecule has 0 aromatic heterocycles. The molecule has 1 atom stereocenters. The van der Waals surface area contributed by atoms with Crippen molar-refractivity contribution in [2.24, 2.45) is 5.73 Å². The molecule has 1 aromatic carbocycles. The van der Waals surface area contributed by atoms with Crippen molar-refractivity contribution in [2.45, 2.75) is 25.6 Å². The topological polar surface area (TPSA) is 26.0 Å². The molecule has 78 valence electrons.